The fourth-order valence-corrected chi connectivity index (χ4v) is 0.422. The second-order valence-electron chi connectivity index (χ2n) is 1.55. The van der Waals surface area contributed by atoms with Gasteiger partial charge in [0.1, 0.15) is 6.61 Å². The summed E-state index contributed by atoms with van der Waals surface area (Å²) >= 11 is 0. The first-order chi connectivity index (χ1) is 2.83. The number of hydrogen-bond acceptors (Lipinski definition) is 2. The molecule has 6 heavy (non-hydrogen) atoms. The Bertz CT molecular complexity index is 86.0. The van der Waals surface area contributed by atoms with E-state index in [9.17, 15) is 5.11 Å². The molecule has 3 nitrogen and oxygen atoms in total. The van der Waals surface area contributed by atoms with Gasteiger partial charge in [-0.2, -0.15) is 5.11 Å². The maximum absolute atomic E-state index is 10.0. The van der Waals surface area contributed by atoms with Crippen molar-refractivity contribution in [1.29, 1.82) is 0 Å². The van der Waals surface area contributed by atoms with Gasteiger partial charge in [-0.15, -0.1) is 0 Å². The van der Waals surface area contributed by atoms with Crippen LogP contribution < -0.4 is 0 Å². The van der Waals surface area contributed by atoms with E-state index in [1.54, 1.807) is 0 Å². The summed E-state index contributed by atoms with van der Waals surface area (Å²) in [6.45, 7) is 0.515. The Morgan fingerprint density at radius 2 is 2.33 bits per heavy atom. The van der Waals surface area contributed by atoms with Gasteiger partial charge < -0.3 is 9.47 Å². The highest BCUT2D eigenvalue weighted by molar-refractivity contribution is 4.97. The normalized spacial score (nSPS) is 62.5. The van der Waals surface area contributed by atoms with Gasteiger partial charge in [0.2, 0.25) is 0 Å². The lowest BCUT2D eigenvalue weighted by molar-refractivity contribution is 0.0822. The van der Waals surface area contributed by atoms with Crippen LogP contribution in [0.3, 0.4) is 0 Å². The molecule has 2 unspecified atom stereocenters. The average molecular weight is 87.1 g/mol. The Kier molecular flexibility index (Phi) is 0.257. The predicted molar refractivity (Wildman–Crippen MR) is 14.2 cm³/mol. The van der Waals surface area contributed by atoms with Crippen LogP contribution in [0.25, 0.3) is 0 Å². The Morgan fingerprint density at radius 1 is 1.83 bits per heavy atom. The quantitative estimate of drug-likeness (QED) is 0.374. The van der Waals surface area contributed by atoms with E-state index in [0.29, 0.717) is 6.61 Å². The molecule has 0 amide bonds. The summed E-state index contributed by atoms with van der Waals surface area (Å²) in [5, 5.41) is 10.0. The Balaban J connectivity index is 2.17. The molecule has 2 atom stereocenters. The van der Waals surface area contributed by atoms with Gasteiger partial charge >= 0.3 is 0 Å². The zero-order valence-electron chi connectivity index (χ0n) is 3.01. The minimum absolute atomic E-state index is 0.515. The first-order valence-corrected chi connectivity index (χ1v) is 1.81. The monoisotopic (exact) mass is 87.0 g/mol. The van der Waals surface area contributed by atoms with Crippen molar-refractivity contribution in [2.45, 2.75) is 12.1 Å². The van der Waals surface area contributed by atoms with Crippen molar-refractivity contribution in [3.8, 4) is 0 Å². The molecule has 0 aliphatic carbocycles. The lowest BCUT2D eigenvalue weighted by Gasteiger charge is -1.56. The van der Waals surface area contributed by atoms with Crippen LogP contribution >= 0.6 is 0 Å². The zero-order valence-corrected chi connectivity index (χ0v) is 3.01. The van der Waals surface area contributed by atoms with Gasteiger partial charge in [0, 0.05) is 0 Å². The summed E-state index contributed by atoms with van der Waals surface area (Å²) in [4.78, 5) is 0. The molecular weight excluding hydrogens is 84.0 g/mol. The standard InChI is InChI=1S/C3H3O3/c4-2-3(6-2)1-5-3/h2H,1H2. The highest BCUT2D eigenvalue weighted by Crippen LogP contribution is 2.47. The fourth-order valence-electron chi connectivity index (χ4n) is 0.422. The topological polar surface area (TPSA) is 45.0 Å². The predicted octanol–water partition coefficient (Wildman–Crippen LogP) is -0.500. The maximum Gasteiger partial charge on any atom is 0.251 e. The number of rotatable bonds is 0. The average Bonchev–Trinajstić information content (AvgIpc) is 2.25. The summed E-state index contributed by atoms with van der Waals surface area (Å²) in [6.07, 6.45) is -0.863. The van der Waals surface area contributed by atoms with Crippen molar-refractivity contribution in [2.75, 3.05) is 6.61 Å². The highest BCUT2D eigenvalue weighted by atomic mass is 16.9. The van der Waals surface area contributed by atoms with Crippen molar-refractivity contribution in [2.24, 2.45) is 0 Å². The lowest BCUT2D eigenvalue weighted by atomic mass is 10.5. The smallest absolute Gasteiger partial charge is 0.251 e. The molecule has 3 heteroatoms. The van der Waals surface area contributed by atoms with Crippen LogP contribution in [0.1, 0.15) is 0 Å². The molecule has 0 bridgehead atoms. The molecule has 2 aliphatic rings. The third kappa shape index (κ3) is 0.167. The first kappa shape index (κ1) is 2.96. The second kappa shape index (κ2) is 0.521. The van der Waals surface area contributed by atoms with Crippen LogP contribution in [0.15, 0.2) is 0 Å². The molecule has 0 N–H and O–H groups in total. The van der Waals surface area contributed by atoms with Gasteiger partial charge in [-0.1, -0.05) is 0 Å². The molecule has 0 aromatic heterocycles. The molecule has 1 spiro atoms. The fraction of sp³-hybridized carbons (Fsp3) is 1.00. The lowest BCUT2D eigenvalue weighted by Crippen LogP contribution is -1.87. The van der Waals surface area contributed by atoms with Crippen LogP contribution in [-0.2, 0) is 14.6 Å². The van der Waals surface area contributed by atoms with E-state index in [1.807, 2.05) is 0 Å². The summed E-state index contributed by atoms with van der Waals surface area (Å²) in [7, 11) is 0. The first-order valence-electron chi connectivity index (χ1n) is 1.81. The van der Waals surface area contributed by atoms with E-state index in [4.69, 9.17) is 0 Å². The molecule has 1 radical (unpaired) electrons. The molecule has 0 aromatic rings. The SMILES string of the molecule is [O]C1OC12CO2. The molecule has 2 heterocycles. The van der Waals surface area contributed by atoms with Crippen molar-refractivity contribution >= 4 is 0 Å². The summed E-state index contributed by atoms with van der Waals surface area (Å²) in [6, 6.07) is 0. The van der Waals surface area contributed by atoms with Gasteiger partial charge in [-0.3, -0.25) is 0 Å². The van der Waals surface area contributed by atoms with Crippen molar-refractivity contribution in [3.63, 3.8) is 0 Å². The van der Waals surface area contributed by atoms with Gasteiger partial charge in [-0.25, -0.2) is 0 Å². The van der Waals surface area contributed by atoms with E-state index < -0.39 is 12.1 Å². The van der Waals surface area contributed by atoms with Gasteiger partial charge in [0.15, 0.2) is 0 Å². The largest absolute Gasteiger partial charge is 0.338 e. The van der Waals surface area contributed by atoms with E-state index in [-0.39, 0.29) is 0 Å². The van der Waals surface area contributed by atoms with Crippen molar-refractivity contribution in [3.05, 3.63) is 0 Å². The Hall–Kier alpha value is -0.120. The number of epoxide rings is 2. The minimum Gasteiger partial charge on any atom is -0.338 e. The molecule has 2 fully saturated rings. The highest BCUT2D eigenvalue weighted by Gasteiger charge is 2.70. The van der Waals surface area contributed by atoms with E-state index in [0.717, 1.165) is 0 Å². The van der Waals surface area contributed by atoms with Gasteiger partial charge in [0.25, 0.3) is 12.1 Å². The van der Waals surface area contributed by atoms with Crippen LogP contribution in [0.2, 0.25) is 0 Å². The van der Waals surface area contributed by atoms with Crippen molar-refractivity contribution < 1.29 is 14.6 Å². The van der Waals surface area contributed by atoms with Crippen LogP contribution in [-0.4, -0.2) is 18.7 Å². The third-order valence-electron chi connectivity index (χ3n) is 1.04. The Morgan fingerprint density at radius 3 is 2.33 bits per heavy atom. The summed E-state index contributed by atoms with van der Waals surface area (Å²) < 4.78 is 9.02. The van der Waals surface area contributed by atoms with E-state index >= 15 is 0 Å². The molecule has 0 saturated carbocycles. The van der Waals surface area contributed by atoms with Crippen LogP contribution in [0.4, 0.5) is 0 Å². The second-order valence-corrected chi connectivity index (χ2v) is 1.55. The molecule has 33 valence electrons. The Labute approximate surface area is 34.5 Å². The van der Waals surface area contributed by atoms with E-state index in [1.165, 1.54) is 0 Å². The van der Waals surface area contributed by atoms with Crippen molar-refractivity contribution in [1.82, 2.24) is 0 Å². The minimum atomic E-state index is -0.863. The van der Waals surface area contributed by atoms with Gasteiger partial charge in [0.05, 0.1) is 0 Å². The number of ether oxygens (including phenoxy) is 2. The molecule has 2 rings (SSSR count). The summed E-state index contributed by atoms with van der Waals surface area (Å²) in [5.74, 6) is -0.597. The molecule has 0 aromatic carbocycles. The van der Waals surface area contributed by atoms with Gasteiger partial charge in [-0.05, 0) is 0 Å². The molecule has 2 saturated heterocycles. The zero-order chi connectivity index (χ0) is 4.20. The van der Waals surface area contributed by atoms with E-state index in [2.05, 4.69) is 9.47 Å². The third-order valence-corrected chi connectivity index (χ3v) is 1.04. The maximum atomic E-state index is 10.0. The molecular formula is C3H3O3. The van der Waals surface area contributed by atoms with Crippen LogP contribution in [0.5, 0.6) is 0 Å². The van der Waals surface area contributed by atoms with Crippen LogP contribution in [0, 0.1) is 0 Å². The molecule has 2 aliphatic heterocycles. The number of hydrogen-bond donors (Lipinski definition) is 0. The summed E-state index contributed by atoms with van der Waals surface area (Å²) in [5.41, 5.74) is 0.